The average molecular weight is 341 g/mol. The highest BCUT2D eigenvalue weighted by Gasteiger charge is 2.40. The highest BCUT2D eigenvalue weighted by molar-refractivity contribution is 7.85. The van der Waals surface area contributed by atoms with Crippen LogP contribution in [-0.4, -0.2) is 42.4 Å². The molecule has 6 nitrogen and oxygen atoms in total. The molecule has 1 amide bonds. The van der Waals surface area contributed by atoms with Crippen LogP contribution in [-0.2, 0) is 21.3 Å². The number of rotatable bonds is 3. The molecule has 23 heavy (non-hydrogen) atoms. The summed E-state index contributed by atoms with van der Waals surface area (Å²) in [5.41, 5.74) is 1.25. The summed E-state index contributed by atoms with van der Waals surface area (Å²) < 4.78 is 37.3. The minimum Gasteiger partial charge on any atom is -0.444 e. The highest BCUT2D eigenvalue weighted by atomic mass is 32.2. The van der Waals surface area contributed by atoms with Crippen LogP contribution in [0.15, 0.2) is 24.3 Å². The lowest BCUT2D eigenvalue weighted by molar-refractivity contribution is 0.0182. The van der Waals surface area contributed by atoms with Gasteiger partial charge in [-0.05, 0) is 38.3 Å². The number of fused-ring (bicyclic) bond motifs is 1. The molecule has 0 aliphatic heterocycles. The molecule has 0 heterocycles. The first-order valence-corrected chi connectivity index (χ1v) is 9.07. The van der Waals surface area contributed by atoms with Gasteiger partial charge >= 0.3 is 6.09 Å². The Morgan fingerprint density at radius 1 is 1.35 bits per heavy atom. The van der Waals surface area contributed by atoms with Crippen LogP contribution < -0.4 is 0 Å². The molecule has 0 fully saturated rings. The maximum atomic E-state index is 12.4. The van der Waals surface area contributed by atoms with E-state index in [-0.39, 0.29) is 5.75 Å². The minimum absolute atomic E-state index is 0.389. The number of benzene rings is 1. The molecule has 0 saturated carbocycles. The summed E-state index contributed by atoms with van der Waals surface area (Å²) in [5.74, 6) is -0.792. The summed E-state index contributed by atoms with van der Waals surface area (Å²) in [6.07, 6.45) is -0.0205. The predicted octanol–water partition coefficient (Wildman–Crippen LogP) is 2.65. The summed E-state index contributed by atoms with van der Waals surface area (Å²) in [5, 5.41) is 0. The number of amides is 1. The summed E-state index contributed by atoms with van der Waals surface area (Å²) in [6.45, 7) is 5.32. The van der Waals surface area contributed by atoms with Crippen LogP contribution >= 0.6 is 0 Å². The van der Waals surface area contributed by atoms with Crippen molar-refractivity contribution in [1.82, 2.24) is 4.90 Å². The van der Waals surface area contributed by atoms with E-state index >= 15 is 0 Å². The molecule has 128 valence electrons. The Morgan fingerprint density at radius 3 is 2.52 bits per heavy atom. The fraction of sp³-hybridized carbons (Fsp3) is 0.562. The molecule has 0 bridgehead atoms. The van der Waals surface area contributed by atoms with E-state index in [1.807, 2.05) is 24.3 Å². The van der Waals surface area contributed by atoms with Gasteiger partial charge in [-0.3, -0.25) is 4.55 Å². The quantitative estimate of drug-likeness (QED) is 0.855. The molecule has 2 rings (SSSR count). The summed E-state index contributed by atoms with van der Waals surface area (Å²) in [7, 11) is -2.54. The molecule has 1 aliphatic rings. The SMILES string of the molecule is CN(C(=O)OC(C)(C)C)[C@H]1c2ccccc2C[C@@H]1CS(=O)(=O)O. The first-order valence-electron chi connectivity index (χ1n) is 7.47. The molecule has 1 aromatic carbocycles. The lowest BCUT2D eigenvalue weighted by Gasteiger charge is -2.32. The van der Waals surface area contributed by atoms with Gasteiger partial charge in [0.05, 0.1) is 11.8 Å². The molecule has 1 aliphatic carbocycles. The molecule has 0 aromatic heterocycles. The Hall–Kier alpha value is -1.60. The summed E-state index contributed by atoms with van der Waals surface area (Å²) in [6, 6.07) is 7.08. The van der Waals surface area contributed by atoms with E-state index in [0.717, 1.165) is 11.1 Å². The third-order valence-electron chi connectivity index (χ3n) is 3.83. The van der Waals surface area contributed by atoms with Gasteiger partial charge in [0.2, 0.25) is 0 Å². The monoisotopic (exact) mass is 341 g/mol. The highest BCUT2D eigenvalue weighted by Crippen LogP contribution is 2.40. The molecule has 1 aromatic rings. The second-order valence-corrected chi connectivity index (χ2v) is 8.44. The second kappa shape index (κ2) is 6.13. The molecular weight excluding hydrogens is 318 g/mol. The topological polar surface area (TPSA) is 83.9 Å². The van der Waals surface area contributed by atoms with Crippen LogP contribution in [0.5, 0.6) is 0 Å². The second-order valence-electron chi connectivity index (χ2n) is 6.95. The standard InChI is InChI=1S/C16H23NO5S/c1-16(2,3)22-15(18)17(4)14-12(10-23(19,20)21)9-11-7-5-6-8-13(11)14/h5-8,12,14H,9-10H2,1-4H3,(H,19,20,21)/t12-,14-/m1/s1. The van der Waals surface area contributed by atoms with Gasteiger partial charge in [0.15, 0.2) is 0 Å². The fourth-order valence-corrected chi connectivity index (χ4v) is 3.89. The largest absolute Gasteiger partial charge is 0.444 e. The molecule has 2 atom stereocenters. The molecule has 0 saturated heterocycles. The van der Waals surface area contributed by atoms with E-state index in [4.69, 9.17) is 4.74 Å². The average Bonchev–Trinajstić information content (AvgIpc) is 2.71. The van der Waals surface area contributed by atoms with E-state index in [2.05, 4.69) is 0 Å². The van der Waals surface area contributed by atoms with Crippen molar-refractivity contribution in [3.8, 4) is 0 Å². The third-order valence-corrected chi connectivity index (χ3v) is 4.68. The van der Waals surface area contributed by atoms with Crippen molar-refractivity contribution >= 4 is 16.2 Å². The number of hydrogen-bond acceptors (Lipinski definition) is 4. The van der Waals surface area contributed by atoms with Crippen LogP contribution in [0.25, 0.3) is 0 Å². The predicted molar refractivity (Wildman–Crippen MR) is 86.8 cm³/mol. The van der Waals surface area contributed by atoms with Gasteiger partial charge in [-0.1, -0.05) is 24.3 Å². The summed E-state index contributed by atoms with van der Waals surface area (Å²) in [4.78, 5) is 13.8. The Kier molecular flexibility index (Phi) is 4.73. The molecule has 1 N–H and O–H groups in total. The van der Waals surface area contributed by atoms with Crippen LogP contribution in [0.1, 0.15) is 37.9 Å². The Morgan fingerprint density at radius 2 is 1.96 bits per heavy atom. The molecule has 0 radical (unpaired) electrons. The lowest BCUT2D eigenvalue weighted by atomic mass is 10.0. The molecule has 7 heteroatoms. The van der Waals surface area contributed by atoms with Crippen molar-refractivity contribution in [3.05, 3.63) is 35.4 Å². The van der Waals surface area contributed by atoms with Crippen molar-refractivity contribution in [2.24, 2.45) is 5.92 Å². The van der Waals surface area contributed by atoms with Crippen molar-refractivity contribution in [2.45, 2.75) is 38.8 Å². The van der Waals surface area contributed by atoms with E-state index in [1.54, 1.807) is 27.8 Å². The van der Waals surface area contributed by atoms with E-state index < -0.39 is 33.8 Å². The van der Waals surface area contributed by atoms with Crippen LogP contribution in [0.4, 0.5) is 4.79 Å². The van der Waals surface area contributed by atoms with Crippen LogP contribution in [0.2, 0.25) is 0 Å². The van der Waals surface area contributed by atoms with E-state index in [9.17, 15) is 17.8 Å². The Bertz CT molecular complexity index is 693. The smallest absolute Gasteiger partial charge is 0.410 e. The zero-order chi connectivity index (χ0) is 17.4. The first-order chi connectivity index (χ1) is 10.5. The zero-order valence-electron chi connectivity index (χ0n) is 13.8. The molecule has 0 spiro atoms. The van der Waals surface area contributed by atoms with E-state index in [0.29, 0.717) is 6.42 Å². The fourth-order valence-electron chi connectivity index (χ4n) is 3.05. The maximum absolute atomic E-state index is 12.4. The van der Waals surface area contributed by atoms with Gasteiger partial charge in [-0.15, -0.1) is 0 Å². The van der Waals surface area contributed by atoms with Crippen molar-refractivity contribution < 1.29 is 22.5 Å². The third kappa shape index (κ3) is 4.45. The lowest BCUT2D eigenvalue weighted by Crippen LogP contribution is -2.39. The van der Waals surface area contributed by atoms with E-state index in [1.165, 1.54) is 4.90 Å². The number of carbonyl (C=O) groups excluding carboxylic acids is 1. The first kappa shape index (κ1) is 17.7. The Balaban J connectivity index is 2.32. The van der Waals surface area contributed by atoms with Gasteiger partial charge in [-0.2, -0.15) is 8.42 Å². The molecule has 0 unspecified atom stereocenters. The van der Waals surface area contributed by atoms with Gasteiger partial charge in [0.25, 0.3) is 10.1 Å². The Labute approximate surface area is 137 Å². The zero-order valence-corrected chi connectivity index (χ0v) is 14.6. The normalized spacial score (nSPS) is 20.9. The number of carbonyl (C=O) groups is 1. The number of nitrogens with zero attached hydrogens (tertiary/aromatic N) is 1. The van der Waals surface area contributed by atoms with Gasteiger partial charge < -0.3 is 9.64 Å². The van der Waals surface area contributed by atoms with Crippen LogP contribution in [0, 0.1) is 5.92 Å². The minimum atomic E-state index is -4.13. The van der Waals surface area contributed by atoms with Crippen molar-refractivity contribution in [3.63, 3.8) is 0 Å². The van der Waals surface area contributed by atoms with Gasteiger partial charge in [0, 0.05) is 13.0 Å². The van der Waals surface area contributed by atoms with Crippen molar-refractivity contribution in [1.29, 1.82) is 0 Å². The molecular formula is C16H23NO5S. The number of ether oxygens (including phenoxy) is 1. The van der Waals surface area contributed by atoms with Gasteiger partial charge in [0.1, 0.15) is 5.60 Å². The summed E-state index contributed by atoms with van der Waals surface area (Å²) >= 11 is 0. The number of hydrogen-bond donors (Lipinski definition) is 1. The van der Waals surface area contributed by atoms with Gasteiger partial charge in [-0.25, -0.2) is 4.79 Å². The van der Waals surface area contributed by atoms with Crippen molar-refractivity contribution in [2.75, 3.05) is 12.8 Å². The maximum Gasteiger partial charge on any atom is 0.410 e. The van der Waals surface area contributed by atoms with Crippen LogP contribution in [0.3, 0.4) is 0 Å².